The van der Waals surface area contributed by atoms with Crippen LogP contribution in [0.5, 0.6) is 0 Å². The van der Waals surface area contributed by atoms with Crippen molar-refractivity contribution in [3.63, 3.8) is 0 Å². The summed E-state index contributed by atoms with van der Waals surface area (Å²) in [5, 5.41) is 0. The molecular formula is C15H14FN3O3S. The molecule has 1 aliphatic heterocycles. The third-order valence-electron chi connectivity index (χ3n) is 3.63. The summed E-state index contributed by atoms with van der Waals surface area (Å²) in [7, 11) is 0. The minimum absolute atomic E-state index is 0.142. The van der Waals surface area contributed by atoms with Gasteiger partial charge in [-0.25, -0.2) is 4.39 Å². The Morgan fingerprint density at radius 3 is 2.65 bits per heavy atom. The number of aryl methyl sites for hydroxylation is 1. The van der Waals surface area contributed by atoms with Crippen LogP contribution in [0.3, 0.4) is 0 Å². The van der Waals surface area contributed by atoms with Crippen LogP contribution in [0.2, 0.25) is 0 Å². The zero-order valence-electron chi connectivity index (χ0n) is 12.4. The molecule has 3 amide bonds. The fourth-order valence-corrected chi connectivity index (χ4v) is 3.65. The highest BCUT2D eigenvalue weighted by Crippen LogP contribution is 2.18. The Morgan fingerprint density at radius 2 is 2.00 bits per heavy atom. The van der Waals surface area contributed by atoms with Gasteiger partial charge in [-0.2, -0.15) is 4.99 Å². The Labute approximate surface area is 134 Å². The first-order chi connectivity index (χ1) is 11.0. The average Bonchev–Trinajstić information content (AvgIpc) is 3.00. The van der Waals surface area contributed by atoms with Gasteiger partial charge in [0.1, 0.15) is 12.4 Å². The summed E-state index contributed by atoms with van der Waals surface area (Å²) in [6, 6.07) is 4.39. The normalized spacial score (nSPS) is 15.9. The predicted octanol–water partition coefficient (Wildman–Crippen LogP) is 1.44. The molecule has 1 fully saturated rings. The van der Waals surface area contributed by atoms with Gasteiger partial charge in [-0.3, -0.25) is 19.3 Å². The second kappa shape index (κ2) is 6.04. The molecule has 0 N–H and O–H groups in total. The molecule has 8 heteroatoms. The Hall–Kier alpha value is -2.35. The molecule has 0 saturated carbocycles. The van der Waals surface area contributed by atoms with Crippen molar-refractivity contribution in [2.24, 2.45) is 4.99 Å². The molecule has 0 unspecified atom stereocenters. The summed E-state index contributed by atoms with van der Waals surface area (Å²) in [6.45, 7) is 2.12. The number of carbonyl (C=O) groups excluding carboxylic acids is 3. The third-order valence-corrected chi connectivity index (χ3v) is 4.67. The van der Waals surface area contributed by atoms with Crippen LogP contribution in [0, 0.1) is 5.82 Å². The maximum absolute atomic E-state index is 13.3. The lowest BCUT2D eigenvalue weighted by atomic mass is 10.3. The van der Waals surface area contributed by atoms with Crippen molar-refractivity contribution in [1.29, 1.82) is 0 Å². The molecule has 23 heavy (non-hydrogen) atoms. The molecular weight excluding hydrogens is 321 g/mol. The highest BCUT2D eigenvalue weighted by Gasteiger charge is 2.30. The van der Waals surface area contributed by atoms with Crippen LogP contribution in [0.15, 0.2) is 23.2 Å². The Balaban J connectivity index is 1.95. The number of benzene rings is 1. The Morgan fingerprint density at radius 1 is 1.30 bits per heavy atom. The molecule has 1 aromatic carbocycles. The lowest BCUT2D eigenvalue weighted by Gasteiger charge is -2.10. The zero-order chi connectivity index (χ0) is 16.6. The van der Waals surface area contributed by atoms with Crippen LogP contribution < -0.4 is 4.80 Å². The number of imide groups is 1. The molecule has 6 nitrogen and oxygen atoms in total. The van der Waals surface area contributed by atoms with Crippen LogP contribution in [0.25, 0.3) is 10.2 Å². The lowest BCUT2D eigenvalue weighted by molar-refractivity contribution is -0.141. The number of hydrogen-bond acceptors (Lipinski definition) is 4. The molecule has 0 atom stereocenters. The van der Waals surface area contributed by atoms with E-state index in [4.69, 9.17) is 0 Å². The van der Waals surface area contributed by atoms with E-state index in [1.54, 1.807) is 10.6 Å². The highest BCUT2D eigenvalue weighted by molar-refractivity contribution is 7.16. The second-order valence-corrected chi connectivity index (χ2v) is 6.13. The van der Waals surface area contributed by atoms with E-state index in [1.807, 2.05) is 6.92 Å². The van der Waals surface area contributed by atoms with Gasteiger partial charge in [-0.05, 0) is 25.1 Å². The number of halogens is 1. The number of rotatable bonds is 3. The highest BCUT2D eigenvalue weighted by atomic mass is 32.1. The van der Waals surface area contributed by atoms with E-state index >= 15 is 0 Å². The zero-order valence-corrected chi connectivity index (χ0v) is 13.2. The maximum atomic E-state index is 13.3. The van der Waals surface area contributed by atoms with Crippen LogP contribution in [-0.2, 0) is 20.9 Å². The van der Waals surface area contributed by atoms with Gasteiger partial charge < -0.3 is 4.57 Å². The first-order valence-electron chi connectivity index (χ1n) is 7.19. The number of fused-ring (bicyclic) bond motifs is 1. The van der Waals surface area contributed by atoms with E-state index < -0.39 is 5.91 Å². The van der Waals surface area contributed by atoms with E-state index in [9.17, 15) is 18.8 Å². The number of aromatic nitrogens is 1. The molecule has 2 aromatic rings. The topological polar surface area (TPSA) is 71.7 Å². The summed E-state index contributed by atoms with van der Waals surface area (Å²) in [5.74, 6) is -1.61. The number of hydrogen-bond donors (Lipinski definition) is 0. The smallest absolute Gasteiger partial charge is 0.268 e. The van der Waals surface area contributed by atoms with E-state index in [0.29, 0.717) is 16.0 Å². The SMILES string of the molecule is CCn1c(=NC(=O)CN2C(=O)CCC2=O)sc2cc(F)ccc21. The molecule has 1 saturated heterocycles. The number of carbonyl (C=O) groups is 3. The van der Waals surface area contributed by atoms with Gasteiger partial charge >= 0.3 is 0 Å². The van der Waals surface area contributed by atoms with Crippen molar-refractivity contribution in [2.75, 3.05) is 6.54 Å². The van der Waals surface area contributed by atoms with Crippen molar-refractivity contribution < 1.29 is 18.8 Å². The van der Waals surface area contributed by atoms with Crippen LogP contribution in [0.1, 0.15) is 19.8 Å². The Bertz CT molecular complexity index is 868. The van der Waals surface area contributed by atoms with Gasteiger partial charge in [0.25, 0.3) is 5.91 Å². The standard InChI is InChI=1S/C15H14FN3O3S/c1-2-18-10-4-3-9(16)7-11(10)23-15(18)17-12(20)8-19-13(21)5-6-14(19)22/h3-4,7H,2,5-6,8H2,1H3. The minimum Gasteiger partial charge on any atom is -0.317 e. The molecule has 3 rings (SSSR count). The molecule has 0 aliphatic carbocycles. The summed E-state index contributed by atoms with van der Waals surface area (Å²) in [6.07, 6.45) is 0.284. The lowest BCUT2D eigenvalue weighted by Crippen LogP contribution is -2.34. The van der Waals surface area contributed by atoms with Gasteiger partial charge in [-0.1, -0.05) is 11.3 Å². The summed E-state index contributed by atoms with van der Waals surface area (Å²) in [5.41, 5.74) is 0.791. The van der Waals surface area contributed by atoms with Gasteiger partial charge in [0.2, 0.25) is 11.8 Å². The maximum Gasteiger partial charge on any atom is 0.268 e. The van der Waals surface area contributed by atoms with Crippen molar-refractivity contribution in [2.45, 2.75) is 26.3 Å². The monoisotopic (exact) mass is 335 g/mol. The van der Waals surface area contributed by atoms with E-state index in [2.05, 4.69) is 4.99 Å². The van der Waals surface area contributed by atoms with Crippen molar-refractivity contribution in [3.05, 3.63) is 28.8 Å². The van der Waals surface area contributed by atoms with E-state index in [1.165, 1.54) is 23.5 Å². The van der Waals surface area contributed by atoms with Crippen LogP contribution >= 0.6 is 11.3 Å². The van der Waals surface area contributed by atoms with E-state index in [0.717, 1.165) is 10.4 Å². The van der Waals surface area contributed by atoms with Gasteiger partial charge in [0.15, 0.2) is 4.80 Å². The first kappa shape index (κ1) is 15.5. The van der Waals surface area contributed by atoms with Crippen LogP contribution in [0.4, 0.5) is 4.39 Å². The summed E-state index contributed by atoms with van der Waals surface area (Å²) >= 11 is 1.20. The minimum atomic E-state index is -0.567. The van der Waals surface area contributed by atoms with E-state index in [-0.39, 0.29) is 37.0 Å². The summed E-state index contributed by atoms with van der Waals surface area (Å²) in [4.78, 5) is 40.5. The predicted molar refractivity (Wildman–Crippen MR) is 82.0 cm³/mol. The number of thiazole rings is 1. The third kappa shape index (κ3) is 2.94. The van der Waals surface area contributed by atoms with Crippen LogP contribution in [-0.4, -0.2) is 33.7 Å². The van der Waals surface area contributed by atoms with Gasteiger partial charge in [0, 0.05) is 19.4 Å². The Kier molecular flexibility index (Phi) is 4.08. The number of likely N-dealkylation sites (tertiary alicyclic amines) is 1. The molecule has 2 heterocycles. The van der Waals surface area contributed by atoms with Crippen molar-refractivity contribution in [1.82, 2.24) is 9.47 Å². The van der Waals surface area contributed by atoms with Gasteiger partial charge in [0.05, 0.1) is 10.2 Å². The number of nitrogens with zero attached hydrogens (tertiary/aromatic N) is 3. The molecule has 1 aliphatic rings. The fourth-order valence-electron chi connectivity index (χ4n) is 2.51. The molecule has 0 bridgehead atoms. The molecule has 1 aromatic heterocycles. The number of amides is 3. The summed E-state index contributed by atoms with van der Waals surface area (Å²) < 4.78 is 15.8. The van der Waals surface area contributed by atoms with Crippen molar-refractivity contribution in [3.8, 4) is 0 Å². The molecule has 0 spiro atoms. The largest absolute Gasteiger partial charge is 0.317 e. The molecule has 120 valence electrons. The first-order valence-corrected chi connectivity index (χ1v) is 8.01. The second-order valence-electron chi connectivity index (χ2n) is 5.12. The molecule has 0 radical (unpaired) electrons. The fraction of sp³-hybridized carbons (Fsp3) is 0.333. The van der Waals surface area contributed by atoms with Gasteiger partial charge in [-0.15, -0.1) is 0 Å². The average molecular weight is 335 g/mol. The van der Waals surface area contributed by atoms with Crippen molar-refractivity contribution >= 4 is 39.3 Å². The quantitative estimate of drug-likeness (QED) is 0.797.